The van der Waals surface area contributed by atoms with Crippen LogP contribution in [0.1, 0.15) is 5.69 Å². The van der Waals surface area contributed by atoms with Crippen LogP contribution in [0.3, 0.4) is 0 Å². The summed E-state index contributed by atoms with van der Waals surface area (Å²) in [5.41, 5.74) is 0.699. The van der Waals surface area contributed by atoms with Gasteiger partial charge in [-0.2, -0.15) is 13.2 Å². The first kappa shape index (κ1) is 15.5. The molecule has 1 fully saturated rings. The van der Waals surface area contributed by atoms with E-state index >= 15 is 0 Å². The van der Waals surface area contributed by atoms with Crippen molar-refractivity contribution in [3.63, 3.8) is 0 Å². The molecule has 1 N–H and O–H groups in total. The molecule has 1 aromatic carbocycles. The second kappa shape index (κ2) is 6.41. The predicted octanol–water partition coefficient (Wildman–Crippen LogP) is 3.08. The minimum absolute atomic E-state index is 0.0843. The maximum Gasteiger partial charge on any atom is 0.433 e. The fourth-order valence-corrected chi connectivity index (χ4v) is 2.28. The average Bonchev–Trinajstić information content (AvgIpc) is 2.56. The molecule has 0 spiro atoms. The first-order valence-electron chi connectivity index (χ1n) is 7.12. The smallest absolute Gasteiger partial charge is 0.378 e. The van der Waals surface area contributed by atoms with Gasteiger partial charge in [-0.15, -0.1) is 0 Å². The Bertz CT molecular complexity index is 655. The van der Waals surface area contributed by atoms with Crippen molar-refractivity contribution in [2.75, 3.05) is 36.5 Å². The van der Waals surface area contributed by atoms with Crippen LogP contribution in [0.4, 0.5) is 30.5 Å². The molecule has 2 heterocycles. The maximum absolute atomic E-state index is 12.6. The van der Waals surface area contributed by atoms with Crippen molar-refractivity contribution in [1.29, 1.82) is 0 Å². The van der Waals surface area contributed by atoms with E-state index in [0.29, 0.717) is 18.9 Å². The molecule has 0 aliphatic carbocycles. The number of aromatic nitrogens is 2. The molecular formula is C15H15F3N4O. The third kappa shape index (κ3) is 3.89. The van der Waals surface area contributed by atoms with Gasteiger partial charge in [0.25, 0.3) is 0 Å². The molecule has 5 nitrogen and oxygen atoms in total. The monoisotopic (exact) mass is 324 g/mol. The molecule has 2 aromatic rings. The van der Waals surface area contributed by atoms with Crippen LogP contribution in [0.25, 0.3) is 0 Å². The molecule has 1 aliphatic rings. The van der Waals surface area contributed by atoms with Crippen LogP contribution >= 0.6 is 0 Å². The van der Waals surface area contributed by atoms with Crippen LogP contribution in [-0.4, -0.2) is 36.3 Å². The zero-order valence-corrected chi connectivity index (χ0v) is 12.2. The Labute approximate surface area is 131 Å². The minimum atomic E-state index is -4.49. The highest BCUT2D eigenvalue weighted by Crippen LogP contribution is 2.28. The van der Waals surface area contributed by atoms with Gasteiger partial charge in [0, 0.05) is 30.7 Å². The van der Waals surface area contributed by atoms with Gasteiger partial charge in [-0.3, -0.25) is 0 Å². The number of anilines is 3. The van der Waals surface area contributed by atoms with Gasteiger partial charge < -0.3 is 15.0 Å². The lowest BCUT2D eigenvalue weighted by atomic mass is 10.2. The fraction of sp³-hybridized carbons (Fsp3) is 0.333. The summed E-state index contributed by atoms with van der Waals surface area (Å²) in [5.74, 6) is -0.0843. The number of nitrogens with one attached hydrogen (secondary N) is 1. The number of hydrogen-bond donors (Lipinski definition) is 1. The van der Waals surface area contributed by atoms with Crippen molar-refractivity contribution in [2.45, 2.75) is 6.18 Å². The van der Waals surface area contributed by atoms with Gasteiger partial charge in [0.1, 0.15) is 5.69 Å². The fourth-order valence-electron chi connectivity index (χ4n) is 2.28. The van der Waals surface area contributed by atoms with Gasteiger partial charge in [0.15, 0.2) is 0 Å². The van der Waals surface area contributed by atoms with Crippen molar-refractivity contribution in [3.05, 3.63) is 42.2 Å². The van der Waals surface area contributed by atoms with Crippen LogP contribution < -0.4 is 10.2 Å². The summed E-state index contributed by atoms with van der Waals surface area (Å²) in [6.45, 7) is 3.03. The van der Waals surface area contributed by atoms with Crippen LogP contribution in [0.5, 0.6) is 0 Å². The first-order chi connectivity index (χ1) is 11.0. The maximum atomic E-state index is 12.6. The standard InChI is InChI=1S/C15H15F3N4O/c16-15(17,18)13-5-6-19-14(21-13)20-11-1-3-12(4-2-11)22-7-9-23-10-8-22/h1-6H,7-10H2,(H,19,20,21). The van der Waals surface area contributed by atoms with Crippen LogP contribution in [0, 0.1) is 0 Å². The van der Waals surface area contributed by atoms with Gasteiger partial charge in [-0.05, 0) is 30.3 Å². The van der Waals surface area contributed by atoms with Crippen LogP contribution in [-0.2, 0) is 10.9 Å². The van der Waals surface area contributed by atoms with Gasteiger partial charge in [-0.25, -0.2) is 9.97 Å². The lowest BCUT2D eigenvalue weighted by Crippen LogP contribution is -2.36. The number of benzene rings is 1. The van der Waals surface area contributed by atoms with E-state index in [1.54, 1.807) is 12.1 Å². The van der Waals surface area contributed by atoms with E-state index in [9.17, 15) is 13.2 Å². The van der Waals surface area contributed by atoms with E-state index in [-0.39, 0.29) is 5.95 Å². The van der Waals surface area contributed by atoms with Crippen molar-refractivity contribution in [2.24, 2.45) is 0 Å². The number of rotatable bonds is 3. The zero-order valence-electron chi connectivity index (χ0n) is 12.2. The summed E-state index contributed by atoms with van der Waals surface area (Å²) in [5, 5.41) is 2.78. The highest BCUT2D eigenvalue weighted by molar-refractivity contribution is 5.59. The molecule has 8 heteroatoms. The predicted molar refractivity (Wildman–Crippen MR) is 79.8 cm³/mol. The Morgan fingerprint density at radius 3 is 2.39 bits per heavy atom. The Morgan fingerprint density at radius 2 is 1.74 bits per heavy atom. The summed E-state index contributed by atoms with van der Waals surface area (Å²) >= 11 is 0. The average molecular weight is 324 g/mol. The molecule has 0 saturated carbocycles. The highest BCUT2D eigenvalue weighted by atomic mass is 19.4. The molecule has 0 amide bonds. The number of halogens is 3. The normalized spacial score (nSPS) is 15.5. The largest absolute Gasteiger partial charge is 0.433 e. The van der Waals surface area contributed by atoms with E-state index < -0.39 is 11.9 Å². The van der Waals surface area contributed by atoms with Crippen molar-refractivity contribution >= 4 is 17.3 Å². The molecular weight excluding hydrogens is 309 g/mol. The lowest BCUT2D eigenvalue weighted by molar-refractivity contribution is -0.141. The Kier molecular flexibility index (Phi) is 4.33. The second-order valence-corrected chi connectivity index (χ2v) is 5.03. The zero-order chi connectivity index (χ0) is 16.3. The minimum Gasteiger partial charge on any atom is -0.378 e. The van der Waals surface area contributed by atoms with E-state index in [4.69, 9.17) is 4.74 Å². The van der Waals surface area contributed by atoms with Crippen LogP contribution in [0.15, 0.2) is 36.5 Å². The lowest BCUT2D eigenvalue weighted by Gasteiger charge is -2.28. The molecule has 1 aromatic heterocycles. The number of nitrogens with zero attached hydrogens (tertiary/aromatic N) is 3. The summed E-state index contributed by atoms with van der Waals surface area (Å²) in [6, 6.07) is 8.22. The Morgan fingerprint density at radius 1 is 1.04 bits per heavy atom. The van der Waals surface area contributed by atoms with Gasteiger partial charge in [-0.1, -0.05) is 0 Å². The molecule has 23 heavy (non-hydrogen) atoms. The van der Waals surface area contributed by atoms with Crippen LogP contribution in [0.2, 0.25) is 0 Å². The van der Waals surface area contributed by atoms with E-state index in [1.165, 1.54) is 0 Å². The quantitative estimate of drug-likeness (QED) is 0.940. The van der Waals surface area contributed by atoms with E-state index in [1.807, 2.05) is 12.1 Å². The molecule has 1 aliphatic heterocycles. The number of hydrogen-bond acceptors (Lipinski definition) is 5. The van der Waals surface area contributed by atoms with Gasteiger partial charge >= 0.3 is 6.18 Å². The van der Waals surface area contributed by atoms with E-state index in [0.717, 1.165) is 31.0 Å². The summed E-state index contributed by atoms with van der Waals surface area (Å²) in [6.07, 6.45) is -3.40. The first-order valence-corrected chi connectivity index (χ1v) is 7.12. The topological polar surface area (TPSA) is 50.3 Å². The molecule has 3 rings (SSSR count). The van der Waals surface area contributed by atoms with Crippen molar-refractivity contribution in [3.8, 4) is 0 Å². The Balaban J connectivity index is 1.71. The molecule has 0 unspecified atom stereocenters. The number of ether oxygens (including phenoxy) is 1. The summed E-state index contributed by atoms with van der Waals surface area (Å²) in [4.78, 5) is 9.48. The molecule has 0 bridgehead atoms. The van der Waals surface area contributed by atoms with Gasteiger partial charge in [0.05, 0.1) is 13.2 Å². The molecule has 122 valence electrons. The van der Waals surface area contributed by atoms with E-state index in [2.05, 4.69) is 20.2 Å². The SMILES string of the molecule is FC(F)(F)c1ccnc(Nc2ccc(N3CCOCC3)cc2)n1. The van der Waals surface area contributed by atoms with Crippen molar-refractivity contribution < 1.29 is 17.9 Å². The van der Waals surface area contributed by atoms with Crippen molar-refractivity contribution in [1.82, 2.24) is 9.97 Å². The third-order valence-electron chi connectivity index (χ3n) is 3.45. The highest BCUT2D eigenvalue weighted by Gasteiger charge is 2.32. The molecule has 0 radical (unpaired) electrons. The Hall–Kier alpha value is -2.35. The van der Waals surface area contributed by atoms with Gasteiger partial charge in [0.2, 0.25) is 5.95 Å². The second-order valence-electron chi connectivity index (χ2n) is 5.03. The molecule has 0 atom stereocenters. The summed E-state index contributed by atoms with van der Waals surface area (Å²) < 4.78 is 43.2. The third-order valence-corrected chi connectivity index (χ3v) is 3.45. The molecule has 1 saturated heterocycles. The number of alkyl halides is 3. The summed E-state index contributed by atoms with van der Waals surface area (Å²) in [7, 11) is 0. The number of morpholine rings is 1.